The van der Waals surface area contributed by atoms with Crippen LogP contribution in [-0.4, -0.2) is 53.3 Å². The molecule has 3 rings (SSSR count). The van der Waals surface area contributed by atoms with Crippen molar-refractivity contribution >= 4 is 55.0 Å². The van der Waals surface area contributed by atoms with Crippen molar-refractivity contribution in [1.29, 1.82) is 0 Å². The van der Waals surface area contributed by atoms with E-state index in [9.17, 15) is 5.11 Å². The van der Waals surface area contributed by atoms with E-state index in [1.165, 1.54) is 0 Å². The second-order valence-electron chi connectivity index (χ2n) is 6.90. The van der Waals surface area contributed by atoms with Crippen molar-refractivity contribution in [3.8, 4) is 5.75 Å². The Labute approximate surface area is 192 Å². The van der Waals surface area contributed by atoms with Gasteiger partial charge in [-0.3, -0.25) is 0 Å². The molecule has 0 saturated carbocycles. The number of anilines is 4. The number of hydrogen-bond acceptors (Lipinski definition) is 7. The lowest BCUT2D eigenvalue weighted by Crippen LogP contribution is -2.30. The van der Waals surface area contributed by atoms with E-state index in [-0.39, 0.29) is 6.61 Å². The molecule has 1 unspecified atom stereocenters. The second-order valence-corrected chi connectivity index (χ2v) is 8.67. The van der Waals surface area contributed by atoms with Crippen molar-refractivity contribution < 1.29 is 9.84 Å². The fourth-order valence-electron chi connectivity index (χ4n) is 2.62. The summed E-state index contributed by atoms with van der Waals surface area (Å²) in [5.41, 5.74) is 1.75. The van der Waals surface area contributed by atoms with Crippen molar-refractivity contribution in [3.63, 3.8) is 0 Å². The van der Waals surface area contributed by atoms with Gasteiger partial charge in [0.2, 0.25) is 5.95 Å². The zero-order valence-corrected chi connectivity index (χ0v) is 19.8. The molecule has 1 heterocycles. The first-order chi connectivity index (χ1) is 14.4. The maximum Gasteiger partial charge on any atom is 0.229 e. The lowest BCUT2D eigenvalue weighted by atomic mass is 10.3. The number of likely N-dealkylation sites (N-methyl/N-ethyl adjacent to an activating group) is 1. The van der Waals surface area contributed by atoms with Gasteiger partial charge in [-0.05, 0) is 78.6 Å². The molecule has 9 heteroatoms. The number of aromatic nitrogens is 2. The van der Waals surface area contributed by atoms with Crippen molar-refractivity contribution in [3.05, 3.63) is 63.7 Å². The SMILES string of the molecule is CN(C)CC(O)COc1ccc(Nc2ncc(Br)c(Nc3ccc(Br)cc3)n2)cc1. The number of nitrogens with zero attached hydrogens (tertiary/aromatic N) is 3. The standard InChI is InChI=1S/C21H23Br2N5O2/c1-28(2)12-17(29)13-30-18-9-7-16(8-10-18)26-21-24-11-19(23)20(27-21)25-15-5-3-14(22)4-6-15/h3-11,17,29H,12-13H2,1-2H3,(H2,24,25,26,27). The maximum atomic E-state index is 9.89. The molecule has 0 aliphatic rings. The highest BCUT2D eigenvalue weighted by molar-refractivity contribution is 9.10. The van der Waals surface area contributed by atoms with Crippen LogP contribution in [0.5, 0.6) is 5.75 Å². The lowest BCUT2D eigenvalue weighted by molar-refractivity contribution is 0.0831. The fourth-order valence-corrected chi connectivity index (χ4v) is 3.17. The minimum atomic E-state index is -0.536. The van der Waals surface area contributed by atoms with Crippen molar-refractivity contribution in [2.24, 2.45) is 0 Å². The van der Waals surface area contributed by atoms with Crippen LogP contribution in [0.25, 0.3) is 0 Å². The van der Waals surface area contributed by atoms with Crippen LogP contribution in [0.1, 0.15) is 0 Å². The van der Waals surface area contributed by atoms with Gasteiger partial charge in [0.05, 0.1) is 4.47 Å². The van der Waals surface area contributed by atoms with Crippen molar-refractivity contribution in [2.45, 2.75) is 6.10 Å². The topological polar surface area (TPSA) is 82.5 Å². The van der Waals surface area contributed by atoms with Crippen LogP contribution in [0.2, 0.25) is 0 Å². The number of nitrogens with one attached hydrogen (secondary N) is 2. The van der Waals surface area contributed by atoms with Gasteiger partial charge in [-0.25, -0.2) is 4.98 Å². The van der Waals surface area contributed by atoms with Gasteiger partial charge >= 0.3 is 0 Å². The van der Waals surface area contributed by atoms with E-state index in [2.05, 4.69) is 52.5 Å². The Hall–Kier alpha value is -2.20. The molecule has 0 aliphatic carbocycles. The molecule has 7 nitrogen and oxygen atoms in total. The Morgan fingerprint density at radius 2 is 1.63 bits per heavy atom. The minimum absolute atomic E-state index is 0.242. The monoisotopic (exact) mass is 535 g/mol. The number of rotatable bonds is 9. The summed E-state index contributed by atoms with van der Waals surface area (Å²) in [5, 5.41) is 16.3. The van der Waals surface area contributed by atoms with Gasteiger partial charge in [-0.15, -0.1) is 0 Å². The summed E-state index contributed by atoms with van der Waals surface area (Å²) in [5.74, 6) is 1.81. The number of benzene rings is 2. The molecule has 1 atom stereocenters. The molecule has 30 heavy (non-hydrogen) atoms. The fraction of sp³-hybridized carbons (Fsp3) is 0.238. The van der Waals surface area contributed by atoms with Gasteiger partial charge < -0.3 is 25.4 Å². The van der Waals surface area contributed by atoms with Crippen molar-refractivity contribution in [1.82, 2.24) is 14.9 Å². The number of aliphatic hydroxyl groups excluding tert-OH is 1. The smallest absolute Gasteiger partial charge is 0.229 e. The van der Waals surface area contributed by atoms with Gasteiger partial charge in [0, 0.05) is 28.6 Å². The molecule has 1 aromatic heterocycles. The molecule has 2 aromatic carbocycles. The van der Waals surface area contributed by atoms with E-state index in [1.54, 1.807) is 6.20 Å². The lowest BCUT2D eigenvalue weighted by Gasteiger charge is -2.16. The third-order valence-electron chi connectivity index (χ3n) is 3.98. The van der Waals surface area contributed by atoms with E-state index in [4.69, 9.17) is 4.74 Å². The third-order valence-corrected chi connectivity index (χ3v) is 5.09. The van der Waals surface area contributed by atoms with Crippen LogP contribution < -0.4 is 15.4 Å². The predicted molar refractivity (Wildman–Crippen MR) is 127 cm³/mol. The Kier molecular flexibility index (Phi) is 8.03. The average molecular weight is 537 g/mol. The van der Waals surface area contributed by atoms with Crippen molar-refractivity contribution in [2.75, 3.05) is 37.9 Å². The Balaban J connectivity index is 1.61. The normalized spacial score (nSPS) is 11.9. The summed E-state index contributed by atoms with van der Waals surface area (Å²) in [6.07, 6.45) is 1.16. The first-order valence-corrected chi connectivity index (χ1v) is 10.9. The molecular weight excluding hydrogens is 514 g/mol. The minimum Gasteiger partial charge on any atom is -0.491 e. The summed E-state index contributed by atoms with van der Waals surface area (Å²) in [7, 11) is 3.82. The zero-order valence-electron chi connectivity index (χ0n) is 16.6. The highest BCUT2D eigenvalue weighted by Gasteiger charge is 2.08. The average Bonchev–Trinajstić information content (AvgIpc) is 2.71. The maximum absolute atomic E-state index is 9.89. The largest absolute Gasteiger partial charge is 0.491 e. The number of halogens is 2. The number of hydrogen-bond donors (Lipinski definition) is 3. The quantitative estimate of drug-likeness (QED) is 0.362. The van der Waals surface area contributed by atoms with E-state index in [1.807, 2.05) is 67.5 Å². The van der Waals surface area contributed by atoms with E-state index in [0.717, 1.165) is 20.3 Å². The zero-order chi connectivity index (χ0) is 21.5. The summed E-state index contributed by atoms with van der Waals surface area (Å²) in [4.78, 5) is 10.8. The van der Waals surface area contributed by atoms with Crippen LogP contribution in [0, 0.1) is 0 Å². The third kappa shape index (κ3) is 6.94. The van der Waals surface area contributed by atoms with Gasteiger partial charge in [0.15, 0.2) is 0 Å². The van der Waals surface area contributed by atoms with Crippen LogP contribution >= 0.6 is 31.9 Å². The number of ether oxygens (including phenoxy) is 1. The van der Waals surface area contributed by atoms with Gasteiger partial charge in [-0.2, -0.15) is 4.98 Å². The highest BCUT2D eigenvalue weighted by atomic mass is 79.9. The first kappa shape index (κ1) is 22.5. The molecule has 3 aromatic rings. The Morgan fingerprint density at radius 1 is 1.00 bits per heavy atom. The summed E-state index contributed by atoms with van der Waals surface area (Å²) in [6, 6.07) is 15.3. The van der Waals surface area contributed by atoms with Gasteiger partial charge in [0.25, 0.3) is 0 Å². The van der Waals surface area contributed by atoms with Crippen LogP contribution in [0.15, 0.2) is 63.7 Å². The summed E-state index contributed by atoms with van der Waals surface area (Å²) in [6.45, 7) is 0.795. The van der Waals surface area contributed by atoms with E-state index < -0.39 is 6.10 Å². The molecule has 0 radical (unpaired) electrons. The van der Waals surface area contributed by atoms with Gasteiger partial charge in [-0.1, -0.05) is 15.9 Å². The molecule has 3 N–H and O–H groups in total. The van der Waals surface area contributed by atoms with E-state index in [0.29, 0.717) is 24.1 Å². The Morgan fingerprint density at radius 3 is 2.30 bits per heavy atom. The molecule has 0 spiro atoms. The molecule has 0 saturated heterocycles. The Bertz CT molecular complexity index is 953. The first-order valence-electron chi connectivity index (χ1n) is 9.27. The van der Waals surface area contributed by atoms with Gasteiger partial charge in [0.1, 0.15) is 24.3 Å². The molecule has 0 bridgehead atoms. The summed E-state index contributed by atoms with van der Waals surface area (Å²) >= 11 is 6.91. The summed E-state index contributed by atoms with van der Waals surface area (Å²) < 4.78 is 7.40. The molecule has 0 aliphatic heterocycles. The second kappa shape index (κ2) is 10.7. The molecular formula is C21H23Br2N5O2. The number of aliphatic hydroxyl groups is 1. The molecule has 0 fully saturated rings. The highest BCUT2D eigenvalue weighted by Crippen LogP contribution is 2.26. The van der Waals surface area contributed by atoms with E-state index >= 15 is 0 Å². The molecule has 0 amide bonds. The molecule has 158 valence electrons. The van der Waals surface area contributed by atoms with Crippen LogP contribution in [-0.2, 0) is 0 Å². The predicted octanol–water partition coefficient (Wildman–Crippen LogP) is 4.79. The van der Waals surface area contributed by atoms with Crippen LogP contribution in [0.3, 0.4) is 0 Å². The van der Waals surface area contributed by atoms with Crippen LogP contribution in [0.4, 0.5) is 23.1 Å².